The highest BCUT2D eigenvalue weighted by molar-refractivity contribution is 7.89. The molecule has 2 aliphatic heterocycles. The molecule has 2 saturated heterocycles. The summed E-state index contributed by atoms with van der Waals surface area (Å²) < 4.78 is 31.1. The van der Waals surface area contributed by atoms with E-state index in [0.717, 1.165) is 25.7 Å². The van der Waals surface area contributed by atoms with Crippen molar-refractivity contribution >= 4 is 10.0 Å². The first-order chi connectivity index (χ1) is 8.00. The maximum atomic E-state index is 12.1. The average Bonchev–Trinajstić information content (AvgIpc) is 2.94. The van der Waals surface area contributed by atoms with E-state index in [4.69, 9.17) is 10.5 Å². The zero-order valence-corrected chi connectivity index (χ0v) is 10.8. The van der Waals surface area contributed by atoms with Gasteiger partial charge in [0.15, 0.2) is 0 Å². The Bertz CT molecular complexity index is 393. The fourth-order valence-electron chi connectivity index (χ4n) is 2.84. The van der Waals surface area contributed by atoms with Gasteiger partial charge >= 0.3 is 0 Å². The maximum Gasteiger partial charge on any atom is 0.216 e. The number of nitrogens with two attached hydrogens (primary N) is 1. The molecular formula is C11H20N2O3S. The Morgan fingerprint density at radius 3 is 2.53 bits per heavy atom. The summed E-state index contributed by atoms with van der Waals surface area (Å²) in [6, 6.07) is 0. The highest BCUT2D eigenvalue weighted by Gasteiger charge is 2.53. The van der Waals surface area contributed by atoms with E-state index in [2.05, 4.69) is 0 Å². The molecule has 3 rings (SSSR count). The van der Waals surface area contributed by atoms with Crippen molar-refractivity contribution in [2.45, 2.75) is 37.3 Å². The first-order valence-electron chi connectivity index (χ1n) is 6.38. The van der Waals surface area contributed by atoms with Crippen LogP contribution in [0.3, 0.4) is 0 Å². The van der Waals surface area contributed by atoms with E-state index < -0.39 is 10.0 Å². The van der Waals surface area contributed by atoms with Gasteiger partial charge in [0.25, 0.3) is 0 Å². The van der Waals surface area contributed by atoms with Crippen LogP contribution in [0.25, 0.3) is 0 Å². The molecule has 2 N–H and O–H groups in total. The van der Waals surface area contributed by atoms with Gasteiger partial charge in [-0.3, -0.25) is 0 Å². The van der Waals surface area contributed by atoms with Crippen molar-refractivity contribution in [1.29, 1.82) is 0 Å². The number of hydrogen-bond donors (Lipinski definition) is 1. The molecular weight excluding hydrogens is 240 g/mol. The Labute approximate surface area is 102 Å². The van der Waals surface area contributed by atoms with Gasteiger partial charge in [0.1, 0.15) is 0 Å². The van der Waals surface area contributed by atoms with Crippen molar-refractivity contribution in [2.75, 3.05) is 25.4 Å². The first-order valence-corrected chi connectivity index (χ1v) is 7.99. The number of sulfonamides is 1. The van der Waals surface area contributed by atoms with E-state index in [1.807, 2.05) is 0 Å². The van der Waals surface area contributed by atoms with Crippen molar-refractivity contribution in [3.63, 3.8) is 0 Å². The molecule has 3 aliphatic rings. The van der Waals surface area contributed by atoms with Crippen molar-refractivity contribution < 1.29 is 13.2 Å². The Hall–Kier alpha value is -0.170. The third-order valence-electron chi connectivity index (χ3n) is 4.15. The molecule has 0 aromatic heterocycles. The van der Waals surface area contributed by atoms with Crippen molar-refractivity contribution in [2.24, 2.45) is 11.7 Å². The van der Waals surface area contributed by atoms with Crippen LogP contribution >= 0.6 is 0 Å². The minimum atomic E-state index is -3.16. The second-order valence-corrected chi connectivity index (χ2v) is 7.70. The number of hydrogen-bond acceptors (Lipinski definition) is 4. The Morgan fingerprint density at radius 2 is 2.00 bits per heavy atom. The molecule has 1 atom stereocenters. The minimum Gasteiger partial charge on any atom is -0.377 e. The van der Waals surface area contributed by atoms with Crippen molar-refractivity contribution in [1.82, 2.24) is 4.31 Å². The van der Waals surface area contributed by atoms with Gasteiger partial charge in [-0.25, -0.2) is 8.42 Å². The second-order valence-electron chi connectivity index (χ2n) is 5.69. The normalized spacial score (nSPS) is 33.6. The molecule has 5 nitrogen and oxygen atoms in total. The van der Waals surface area contributed by atoms with Crippen LogP contribution < -0.4 is 5.73 Å². The fourth-order valence-corrected chi connectivity index (χ4v) is 4.66. The van der Waals surface area contributed by atoms with Gasteiger partial charge in [-0.2, -0.15) is 4.31 Å². The summed E-state index contributed by atoms with van der Waals surface area (Å²) in [5.74, 6) is 0.685. The molecule has 3 fully saturated rings. The van der Waals surface area contributed by atoms with Crippen LogP contribution in [0, 0.1) is 5.92 Å². The fraction of sp³-hybridized carbons (Fsp3) is 1.00. The van der Waals surface area contributed by atoms with Gasteiger partial charge in [0, 0.05) is 25.2 Å². The van der Waals surface area contributed by atoms with Gasteiger partial charge in [0.2, 0.25) is 10.0 Å². The standard InChI is InChI=1S/C11H20N2O3S/c12-11(9-3-4-9)7-13(8-11)17(14,15)6-10-2-1-5-16-10/h9-10H,1-8,12H2. The molecule has 0 amide bonds. The van der Waals surface area contributed by atoms with Crippen molar-refractivity contribution in [3.8, 4) is 0 Å². The van der Waals surface area contributed by atoms with E-state index >= 15 is 0 Å². The molecule has 2 heterocycles. The van der Waals surface area contributed by atoms with Crippen molar-refractivity contribution in [3.05, 3.63) is 0 Å². The summed E-state index contributed by atoms with van der Waals surface area (Å²) in [5, 5.41) is 0. The molecule has 0 radical (unpaired) electrons. The highest BCUT2D eigenvalue weighted by atomic mass is 32.2. The Kier molecular flexibility index (Phi) is 2.74. The van der Waals surface area contributed by atoms with E-state index in [0.29, 0.717) is 25.6 Å². The Morgan fingerprint density at radius 1 is 1.29 bits per heavy atom. The summed E-state index contributed by atoms with van der Waals surface area (Å²) in [5.41, 5.74) is 5.93. The summed E-state index contributed by atoms with van der Waals surface area (Å²) >= 11 is 0. The lowest BCUT2D eigenvalue weighted by Gasteiger charge is -2.47. The second kappa shape index (κ2) is 3.91. The van der Waals surface area contributed by atoms with Crippen LogP contribution in [0.1, 0.15) is 25.7 Å². The van der Waals surface area contributed by atoms with E-state index in [-0.39, 0.29) is 17.4 Å². The largest absolute Gasteiger partial charge is 0.377 e. The third kappa shape index (κ3) is 2.23. The molecule has 0 bridgehead atoms. The quantitative estimate of drug-likeness (QED) is 0.767. The van der Waals surface area contributed by atoms with E-state index in [1.54, 1.807) is 0 Å². The molecule has 0 aromatic rings. The number of ether oxygens (including phenoxy) is 1. The molecule has 0 spiro atoms. The van der Waals surface area contributed by atoms with Crippen LogP contribution in [0.15, 0.2) is 0 Å². The molecule has 98 valence electrons. The summed E-state index contributed by atoms with van der Waals surface area (Å²) in [6.07, 6.45) is 4.06. The monoisotopic (exact) mass is 260 g/mol. The predicted octanol–water partition coefficient (Wildman–Crippen LogP) is -0.0817. The Balaban J connectivity index is 1.57. The highest BCUT2D eigenvalue weighted by Crippen LogP contribution is 2.43. The molecule has 6 heteroatoms. The SMILES string of the molecule is NC1(C2CC2)CN(S(=O)(=O)CC2CCCO2)C1. The summed E-state index contributed by atoms with van der Waals surface area (Å²) in [4.78, 5) is 0. The smallest absolute Gasteiger partial charge is 0.216 e. The molecule has 0 aromatic carbocycles. The maximum absolute atomic E-state index is 12.1. The molecule has 1 unspecified atom stereocenters. The van der Waals surface area contributed by atoms with Gasteiger partial charge in [-0.15, -0.1) is 0 Å². The lowest BCUT2D eigenvalue weighted by Crippen LogP contribution is -2.70. The van der Waals surface area contributed by atoms with E-state index in [9.17, 15) is 8.42 Å². The van der Waals surface area contributed by atoms with Crippen LogP contribution in [-0.4, -0.2) is 49.8 Å². The molecule has 17 heavy (non-hydrogen) atoms. The zero-order valence-electron chi connectivity index (χ0n) is 9.97. The number of nitrogens with zero attached hydrogens (tertiary/aromatic N) is 1. The van der Waals surface area contributed by atoms with Crippen LogP contribution in [-0.2, 0) is 14.8 Å². The summed E-state index contributed by atoms with van der Waals surface area (Å²) in [7, 11) is -3.16. The van der Waals surface area contributed by atoms with Gasteiger partial charge < -0.3 is 10.5 Å². The van der Waals surface area contributed by atoms with Crippen LogP contribution in [0.2, 0.25) is 0 Å². The molecule has 1 saturated carbocycles. The average molecular weight is 260 g/mol. The van der Waals surface area contributed by atoms with Crippen LogP contribution in [0.4, 0.5) is 0 Å². The van der Waals surface area contributed by atoms with E-state index in [1.165, 1.54) is 4.31 Å². The molecule has 1 aliphatic carbocycles. The third-order valence-corrected chi connectivity index (χ3v) is 5.98. The minimum absolute atomic E-state index is 0.103. The topological polar surface area (TPSA) is 72.6 Å². The summed E-state index contributed by atoms with van der Waals surface area (Å²) in [6.45, 7) is 1.71. The number of rotatable bonds is 4. The van der Waals surface area contributed by atoms with Crippen LogP contribution in [0.5, 0.6) is 0 Å². The predicted molar refractivity (Wildman–Crippen MR) is 64.0 cm³/mol. The van der Waals surface area contributed by atoms with Gasteiger partial charge in [-0.1, -0.05) is 0 Å². The van der Waals surface area contributed by atoms with Gasteiger partial charge in [-0.05, 0) is 31.6 Å². The van der Waals surface area contributed by atoms with Gasteiger partial charge in [0.05, 0.1) is 11.9 Å². The lowest BCUT2D eigenvalue weighted by atomic mass is 9.88. The lowest BCUT2D eigenvalue weighted by molar-refractivity contribution is 0.115. The first kappa shape index (κ1) is 11.9. The zero-order chi connectivity index (χ0) is 12.1.